The number of morpholine rings is 1. The van der Waals surface area contributed by atoms with Gasteiger partial charge in [-0.25, -0.2) is 17.5 Å². The van der Waals surface area contributed by atoms with Crippen LogP contribution >= 0.6 is 0 Å². The smallest absolute Gasteiger partial charge is 0.244 e. The Morgan fingerprint density at radius 2 is 1.97 bits per heavy atom. The van der Waals surface area contributed by atoms with Crippen molar-refractivity contribution in [2.75, 3.05) is 46.0 Å². The molecule has 0 radical (unpaired) electrons. The number of halogens is 1. The summed E-state index contributed by atoms with van der Waals surface area (Å²) < 4.78 is 52.2. The third-order valence-electron chi connectivity index (χ3n) is 5.34. The fourth-order valence-corrected chi connectivity index (χ4v) is 4.92. The van der Waals surface area contributed by atoms with Crippen molar-refractivity contribution >= 4 is 15.9 Å². The maximum Gasteiger partial charge on any atom is 0.244 e. The first-order valence-electron chi connectivity index (χ1n) is 10.7. The zero-order chi connectivity index (χ0) is 23.0. The van der Waals surface area contributed by atoms with Crippen molar-refractivity contribution in [1.29, 1.82) is 0 Å². The molecule has 2 aliphatic heterocycles. The van der Waals surface area contributed by atoms with E-state index in [0.29, 0.717) is 6.54 Å². The monoisotopic (exact) mass is 471 g/mol. The van der Waals surface area contributed by atoms with Gasteiger partial charge in [0.2, 0.25) is 15.9 Å². The summed E-state index contributed by atoms with van der Waals surface area (Å²) >= 11 is 0. The Hall–Kier alpha value is -1.89. The van der Waals surface area contributed by atoms with Gasteiger partial charge in [-0.1, -0.05) is 24.3 Å². The van der Waals surface area contributed by atoms with E-state index in [4.69, 9.17) is 9.47 Å². The summed E-state index contributed by atoms with van der Waals surface area (Å²) in [7, 11) is -4.16. The van der Waals surface area contributed by atoms with Crippen LogP contribution in [0.5, 0.6) is 0 Å². The number of aliphatic hydroxyl groups is 1. The van der Waals surface area contributed by atoms with E-state index in [1.807, 2.05) is 0 Å². The van der Waals surface area contributed by atoms with Crippen molar-refractivity contribution in [2.24, 2.45) is 0 Å². The van der Waals surface area contributed by atoms with Crippen LogP contribution in [0.3, 0.4) is 0 Å². The maximum absolute atomic E-state index is 13.9. The molecular weight excluding hydrogens is 441 g/mol. The molecule has 178 valence electrons. The number of amides is 1. The van der Waals surface area contributed by atoms with Crippen LogP contribution in [-0.2, 0) is 24.3 Å². The summed E-state index contributed by atoms with van der Waals surface area (Å²) in [5.41, 5.74) is 0. The number of nitrogens with zero attached hydrogens (tertiary/aromatic N) is 1. The zero-order valence-electron chi connectivity index (χ0n) is 17.8. The highest BCUT2D eigenvalue weighted by atomic mass is 32.2. The van der Waals surface area contributed by atoms with E-state index in [2.05, 4.69) is 14.9 Å². The Balaban J connectivity index is 1.47. The summed E-state index contributed by atoms with van der Waals surface area (Å²) in [4.78, 5) is 14.0. The zero-order valence-corrected chi connectivity index (χ0v) is 18.6. The second kappa shape index (κ2) is 11.8. The molecule has 1 saturated heterocycles. The number of aliphatic hydroxyl groups excluding tert-OH is 1. The van der Waals surface area contributed by atoms with Gasteiger partial charge in [0, 0.05) is 19.6 Å². The average Bonchev–Trinajstić information content (AvgIpc) is 2.78. The average molecular weight is 472 g/mol. The second-order valence-electron chi connectivity index (χ2n) is 7.72. The summed E-state index contributed by atoms with van der Waals surface area (Å²) in [5.74, 6) is -1.06. The van der Waals surface area contributed by atoms with Crippen molar-refractivity contribution in [3.05, 3.63) is 42.2 Å². The number of hydrogen-bond acceptors (Lipinski definition) is 7. The fraction of sp³-hybridized carbons (Fsp3) is 0.571. The van der Waals surface area contributed by atoms with Crippen molar-refractivity contribution in [2.45, 2.75) is 36.0 Å². The molecule has 0 aromatic heterocycles. The molecule has 3 atom stereocenters. The molecule has 1 aromatic rings. The van der Waals surface area contributed by atoms with E-state index in [-0.39, 0.29) is 12.3 Å². The lowest BCUT2D eigenvalue weighted by atomic mass is 10.1. The highest BCUT2D eigenvalue weighted by Gasteiger charge is 2.32. The maximum atomic E-state index is 13.9. The second-order valence-corrected chi connectivity index (χ2v) is 9.40. The van der Waals surface area contributed by atoms with Crippen molar-refractivity contribution in [3.63, 3.8) is 0 Å². The number of nitrogens with one attached hydrogen (secondary N) is 2. The van der Waals surface area contributed by atoms with Crippen LogP contribution < -0.4 is 10.0 Å². The van der Waals surface area contributed by atoms with Gasteiger partial charge in [0.05, 0.1) is 38.4 Å². The van der Waals surface area contributed by atoms with E-state index < -0.39 is 45.6 Å². The molecule has 2 aliphatic rings. The first-order valence-corrected chi connectivity index (χ1v) is 12.2. The summed E-state index contributed by atoms with van der Waals surface area (Å²) in [6.07, 6.45) is 2.48. The first kappa shape index (κ1) is 24.7. The van der Waals surface area contributed by atoms with Crippen molar-refractivity contribution in [1.82, 2.24) is 14.9 Å². The number of ether oxygens (including phenoxy) is 2. The summed E-state index contributed by atoms with van der Waals surface area (Å²) in [5, 5.41) is 12.5. The number of hydrogen-bond donors (Lipinski definition) is 3. The van der Waals surface area contributed by atoms with E-state index >= 15 is 0 Å². The van der Waals surface area contributed by atoms with E-state index in [0.717, 1.165) is 51.4 Å². The Bertz CT molecular complexity index is 891. The third kappa shape index (κ3) is 7.06. The number of benzene rings is 1. The van der Waals surface area contributed by atoms with E-state index in [9.17, 15) is 22.7 Å². The van der Waals surface area contributed by atoms with Crippen LogP contribution in [0, 0.1) is 5.82 Å². The quantitative estimate of drug-likeness (QED) is 0.325. The molecule has 1 amide bonds. The minimum atomic E-state index is -4.16. The molecule has 11 heteroatoms. The topological polar surface area (TPSA) is 117 Å². The van der Waals surface area contributed by atoms with Gasteiger partial charge in [-0.3, -0.25) is 9.69 Å². The van der Waals surface area contributed by atoms with E-state index in [1.165, 1.54) is 18.2 Å². The number of rotatable bonds is 10. The molecule has 0 aliphatic carbocycles. The van der Waals surface area contributed by atoms with E-state index in [1.54, 1.807) is 6.08 Å². The molecule has 0 unspecified atom stereocenters. The Kier molecular flexibility index (Phi) is 9.14. The number of carbonyl (C=O) groups is 1. The van der Waals surface area contributed by atoms with Crippen LogP contribution in [0.2, 0.25) is 0 Å². The lowest BCUT2D eigenvalue weighted by Crippen LogP contribution is -2.49. The largest absolute Gasteiger partial charge is 0.394 e. The Labute approximate surface area is 187 Å². The van der Waals surface area contributed by atoms with Gasteiger partial charge in [-0.15, -0.1) is 0 Å². The van der Waals surface area contributed by atoms with Gasteiger partial charge in [0.1, 0.15) is 16.8 Å². The first-order chi connectivity index (χ1) is 15.4. The van der Waals surface area contributed by atoms with Crippen LogP contribution in [0.15, 0.2) is 41.3 Å². The molecule has 1 aromatic carbocycles. The molecule has 0 saturated carbocycles. The van der Waals surface area contributed by atoms with Gasteiger partial charge in [0.25, 0.3) is 0 Å². The number of carbonyl (C=O) groups excluding carboxylic acids is 1. The van der Waals surface area contributed by atoms with Gasteiger partial charge >= 0.3 is 0 Å². The predicted octanol–water partition coefficient (Wildman–Crippen LogP) is 0.0171. The molecule has 9 nitrogen and oxygen atoms in total. The highest BCUT2D eigenvalue weighted by Crippen LogP contribution is 2.19. The fourth-order valence-electron chi connectivity index (χ4n) is 3.63. The molecule has 2 heterocycles. The lowest BCUT2D eigenvalue weighted by Gasteiger charge is -2.31. The van der Waals surface area contributed by atoms with Crippen molar-refractivity contribution < 1.29 is 32.2 Å². The van der Waals surface area contributed by atoms with Crippen LogP contribution in [0.4, 0.5) is 4.39 Å². The summed E-state index contributed by atoms with van der Waals surface area (Å²) in [6, 6.07) is 4.14. The molecule has 3 N–H and O–H groups in total. The molecule has 32 heavy (non-hydrogen) atoms. The third-order valence-corrected chi connectivity index (χ3v) is 6.84. The molecular formula is C21H30FN3O6S. The standard InChI is InChI=1S/C21H30FN3O6S/c22-17-4-1-2-5-20(17)32(28,29)24-18-7-6-16(31-19(18)15-26)14-21(27)23-8-3-9-25-10-12-30-13-11-25/h1-2,4-7,16,18-19,24,26H,3,8-15H2,(H,23,27)/t16-,18-,19-/m1/s1. The minimum absolute atomic E-state index is 0.0529. The predicted molar refractivity (Wildman–Crippen MR) is 115 cm³/mol. The Morgan fingerprint density at radius 1 is 1.22 bits per heavy atom. The van der Waals surface area contributed by atoms with Gasteiger partial charge in [0.15, 0.2) is 0 Å². The molecule has 1 fully saturated rings. The molecule has 0 spiro atoms. The van der Waals surface area contributed by atoms with Crippen LogP contribution in [-0.4, -0.2) is 88.6 Å². The highest BCUT2D eigenvalue weighted by molar-refractivity contribution is 7.89. The van der Waals surface area contributed by atoms with Gasteiger partial charge in [-0.05, 0) is 25.1 Å². The van der Waals surface area contributed by atoms with Gasteiger partial charge < -0.3 is 19.9 Å². The normalized spacial score (nSPS) is 24.4. The molecule has 3 rings (SSSR count). The van der Waals surface area contributed by atoms with Crippen LogP contribution in [0.1, 0.15) is 12.8 Å². The van der Waals surface area contributed by atoms with Crippen molar-refractivity contribution in [3.8, 4) is 0 Å². The molecule has 0 bridgehead atoms. The lowest BCUT2D eigenvalue weighted by molar-refractivity contribution is -0.125. The number of sulfonamides is 1. The SMILES string of the molecule is O=C(C[C@H]1C=C[C@@H](NS(=O)(=O)c2ccccc2F)[C@@H](CO)O1)NCCCN1CCOCC1. The summed E-state index contributed by atoms with van der Waals surface area (Å²) in [6.45, 7) is 4.24. The minimum Gasteiger partial charge on any atom is -0.394 e. The van der Waals surface area contributed by atoms with Crippen LogP contribution in [0.25, 0.3) is 0 Å². The van der Waals surface area contributed by atoms with Gasteiger partial charge in [-0.2, -0.15) is 0 Å². The Morgan fingerprint density at radius 3 is 2.69 bits per heavy atom.